The molecule has 0 radical (unpaired) electrons. The number of carbonyl (C=O) groups excluding carboxylic acids is 2. The Hall–Kier alpha value is -4.15. The molecule has 0 atom stereocenters. The number of benzene rings is 3. The number of rotatable bonds is 6. The summed E-state index contributed by atoms with van der Waals surface area (Å²) in [7, 11) is -0.814. The van der Waals surface area contributed by atoms with Gasteiger partial charge >= 0.3 is 6.16 Å². The molecule has 9 nitrogen and oxygen atoms in total. The quantitative estimate of drug-likeness (QED) is 0.323. The molecule has 0 aliphatic rings. The zero-order valence-electron chi connectivity index (χ0n) is 20.7. The second-order valence-corrected chi connectivity index (χ2v) is 10.9. The molecule has 1 aromatic heterocycles. The highest BCUT2D eigenvalue weighted by Crippen LogP contribution is 2.30. The summed E-state index contributed by atoms with van der Waals surface area (Å²) in [5.41, 5.74) is 0.741. The molecule has 11 heteroatoms. The Bertz CT molecular complexity index is 1700. The topological polar surface area (TPSA) is 112 Å². The number of methoxy groups -OCH3 is 1. The van der Waals surface area contributed by atoms with Gasteiger partial charge in [0.2, 0.25) is 5.88 Å². The highest BCUT2D eigenvalue weighted by atomic mass is 35.5. The third-order valence-corrected chi connectivity index (χ3v) is 7.18. The molecule has 0 saturated heterocycles. The van der Waals surface area contributed by atoms with E-state index in [0.29, 0.717) is 21.6 Å². The van der Waals surface area contributed by atoms with Crippen molar-refractivity contribution in [1.82, 2.24) is 9.47 Å². The van der Waals surface area contributed by atoms with Crippen LogP contribution >= 0.6 is 11.6 Å². The van der Waals surface area contributed by atoms with E-state index >= 15 is 0 Å². The van der Waals surface area contributed by atoms with Crippen LogP contribution in [0.2, 0.25) is 5.02 Å². The predicted octanol–water partition coefficient (Wildman–Crippen LogP) is 4.47. The molecule has 3 aromatic carbocycles. The smallest absolute Gasteiger partial charge is 0.437 e. The number of carbonyl (C=O) groups is 2. The molecule has 1 amide bonds. The van der Waals surface area contributed by atoms with Gasteiger partial charge in [0, 0.05) is 35.0 Å². The molecule has 0 N–H and O–H groups in total. The average molecular weight is 555 g/mol. The highest BCUT2D eigenvalue weighted by molar-refractivity contribution is 7.90. The van der Waals surface area contributed by atoms with Crippen LogP contribution in [0.25, 0.3) is 16.6 Å². The fourth-order valence-corrected chi connectivity index (χ4v) is 4.76. The minimum absolute atomic E-state index is 0.0256. The van der Waals surface area contributed by atoms with Gasteiger partial charge in [-0.15, -0.1) is 0 Å². The van der Waals surface area contributed by atoms with Gasteiger partial charge in [-0.1, -0.05) is 29.8 Å². The number of para-hydroxylation sites is 1. The van der Waals surface area contributed by atoms with E-state index < -0.39 is 27.3 Å². The Morgan fingerprint density at radius 1 is 1.00 bits per heavy atom. The van der Waals surface area contributed by atoms with E-state index in [1.807, 2.05) is 6.07 Å². The van der Waals surface area contributed by atoms with Crippen molar-refractivity contribution in [3.63, 3.8) is 0 Å². The monoisotopic (exact) mass is 554 g/mol. The van der Waals surface area contributed by atoms with Gasteiger partial charge in [0.25, 0.3) is 5.91 Å². The number of sulfone groups is 1. The minimum Gasteiger partial charge on any atom is -0.437 e. The van der Waals surface area contributed by atoms with E-state index in [9.17, 15) is 22.8 Å². The van der Waals surface area contributed by atoms with Crippen LogP contribution in [-0.4, -0.2) is 50.4 Å². The lowest BCUT2D eigenvalue weighted by Crippen LogP contribution is -2.31. The van der Waals surface area contributed by atoms with Crippen LogP contribution in [0.1, 0.15) is 15.9 Å². The van der Waals surface area contributed by atoms with Crippen molar-refractivity contribution < 1.29 is 27.5 Å². The van der Waals surface area contributed by atoms with Crippen molar-refractivity contribution in [3.8, 4) is 11.6 Å². The van der Waals surface area contributed by atoms with Gasteiger partial charge in [0.05, 0.1) is 29.6 Å². The van der Waals surface area contributed by atoms with Crippen molar-refractivity contribution >= 4 is 44.4 Å². The standard InChI is InChI=1S/C27H23ClN2O7S/c1-29(25(32)17-9-12-20(13-10-17)38(3,34)35)16-22-24(31)21-14-11-18(28)15-23(21)30(19-7-5-4-6-8-19)26(22)37-27(33)36-2/h4-15H,16H2,1-3H3. The molecule has 0 fully saturated rings. The predicted molar refractivity (Wildman–Crippen MR) is 143 cm³/mol. The molecule has 0 aliphatic carbocycles. The van der Waals surface area contributed by atoms with Crippen molar-refractivity contribution in [2.75, 3.05) is 20.4 Å². The van der Waals surface area contributed by atoms with E-state index in [2.05, 4.69) is 0 Å². The molecule has 0 aliphatic heterocycles. The Morgan fingerprint density at radius 3 is 2.26 bits per heavy atom. The number of pyridine rings is 1. The van der Waals surface area contributed by atoms with Crippen LogP contribution in [0.3, 0.4) is 0 Å². The van der Waals surface area contributed by atoms with E-state index in [4.69, 9.17) is 21.1 Å². The van der Waals surface area contributed by atoms with Crippen LogP contribution in [-0.2, 0) is 21.1 Å². The molecule has 0 spiro atoms. The maximum absolute atomic E-state index is 13.7. The number of halogens is 1. The zero-order chi connectivity index (χ0) is 27.6. The van der Waals surface area contributed by atoms with Crippen molar-refractivity contribution in [2.45, 2.75) is 11.4 Å². The summed E-state index contributed by atoms with van der Waals surface area (Å²) in [6.45, 7) is -0.233. The molecule has 38 heavy (non-hydrogen) atoms. The van der Waals surface area contributed by atoms with E-state index in [1.165, 1.54) is 36.2 Å². The number of nitrogens with zero attached hydrogens (tertiary/aromatic N) is 2. The van der Waals surface area contributed by atoms with Crippen molar-refractivity contribution in [3.05, 3.63) is 99.2 Å². The maximum Gasteiger partial charge on any atom is 0.514 e. The highest BCUT2D eigenvalue weighted by Gasteiger charge is 2.25. The molecule has 1 heterocycles. The number of hydrogen-bond donors (Lipinski definition) is 0. The van der Waals surface area contributed by atoms with Gasteiger partial charge in [-0.05, 0) is 54.6 Å². The van der Waals surface area contributed by atoms with E-state index in [-0.39, 0.29) is 28.4 Å². The van der Waals surface area contributed by atoms with Crippen LogP contribution in [0.5, 0.6) is 5.88 Å². The summed E-state index contributed by atoms with van der Waals surface area (Å²) in [5.74, 6) is -0.606. The lowest BCUT2D eigenvalue weighted by Gasteiger charge is -2.23. The Kier molecular flexibility index (Phi) is 7.56. The molecule has 4 aromatic rings. The second-order valence-electron chi connectivity index (χ2n) is 8.46. The van der Waals surface area contributed by atoms with Gasteiger partial charge in [-0.25, -0.2) is 13.2 Å². The molecular formula is C27H23ClN2O7S. The summed E-state index contributed by atoms with van der Waals surface area (Å²) in [6.07, 6.45) is 0.0192. The molecule has 196 valence electrons. The van der Waals surface area contributed by atoms with Crippen LogP contribution in [0.4, 0.5) is 4.79 Å². The first kappa shape index (κ1) is 26.9. The van der Waals surface area contributed by atoms with E-state index in [0.717, 1.165) is 13.4 Å². The summed E-state index contributed by atoms with van der Waals surface area (Å²) >= 11 is 6.25. The molecule has 4 rings (SSSR count). The third-order valence-electron chi connectivity index (χ3n) is 5.81. The fraction of sp³-hybridized carbons (Fsp3) is 0.148. The lowest BCUT2D eigenvalue weighted by molar-refractivity contribution is 0.0783. The number of hydrogen-bond acceptors (Lipinski definition) is 7. The first-order chi connectivity index (χ1) is 18.0. The van der Waals surface area contributed by atoms with Gasteiger partial charge in [0.1, 0.15) is 0 Å². The third kappa shape index (κ3) is 5.41. The van der Waals surface area contributed by atoms with Crippen molar-refractivity contribution in [1.29, 1.82) is 0 Å². The molecule has 0 bridgehead atoms. The Balaban J connectivity index is 1.88. The van der Waals surface area contributed by atoms with Gasteiger partial charge in [-0.2, -0.15) is 0 Å². The average Bonchev–Trinajstić information content (AvgIpc) is 2.90. The Labute approximate surface area is 223 Å². The first-order valence-corrected chi connectivity index (χ1v) is 13.5. The number of aromatic nitrogens is 1. The normalized spacial score (nSPS) is 11.3. The lowest BCUT2D eigenvalue weighted by atomic mass is 10.1. The Morgan fingerprint density at radius 2 is 1.66 bits per heavy atom. The first-order valence-electron chi connectivity index (χ1n) is 11.2. The molecule has 0 saturated carbocycles. The minimum atomic E-state index is -3.43. The van der Waals surface area contributed by atoms with E-state index in [1.54, 1.807) is 47.0 Å². The summed E-state index contributed by atoms with van der Waals surface area (Å²) in [4.78, 5) is 40.5. The maximum atomic E-state index is 13.7. The summed E-state index contributed by atoms with van der Waals surface area (Å²) < 4.78 is 35.3. The second kappa shape index (κ2) is 10.7. The largest absolute Gasteiger partial charge is 0.514 e. The SMILES string of the molecule is COC(=O)Oc1c(CN(C)C(=O)c2ccc(S(C)(=O)=O)cc2)c(=O)c2ccc(Cl)cc2n1-c1ccccc1. The number of amides is 1. The van der Waals surface area contributed by atoms with Crippen molar-refractivity contribution in [2.24, 2.45) is 0 Å². The fourth-order valence-electron chi connectivity index (χ4n) is 3.96. The van der Waals surface area contributed by atoms with Gasteiger partial charge in [0.15, 0.2) is 15.3 Å². The number of ether oxygens (including phenoxy) is 2. The summed E-state index contributed by atoms with van der Waals surface area (Å²) in [5, 5.41) is 0.659. The number of fused-ring (bicyclic) bond motifs is 1. The van der Waals surface area contributed by atoms with Gasteiger partial charge < -0.3 is 14.4 Å². The zero-order valence-corrected chi connectivity index (χ0v) is 22.2. The molecular weight excluding hydrogens is 532 g/mol. The summed E-state index contributed by atoms with van der Waals surface area (Å²) in [6, 6.07) is 19.1. The molecule has 0 unspecified atom stereocenters. The van der Waals surface area contributed by atoms with Crippen LogP contribution in [0.15, 0.2) is 82.5 Å². The van der Waals surface area contributed by atoms with Crippen LogP contribution < -0.4 is 10.2 Å². The van der Waals surface area contributed by atoms with Crippen LogP contribution in [0, 0.1) is 0 Å². The van der Waals surface area contributed by atoms with Gasteiger partial charge in [-0.3, -0.25) is 14.2 Å².